The smallest absolute Gasteiger partial charge is 0.230 e. The Kier molecular flexibility index (Phi) is 6.13. The Hall–Kier alpha value is -2.68. The second-order valence-corrected chi connectivity index (χ2v) is 12.9. The number of hydrogen-bond donors (Lipinski definition) is 0. The van der Waals surface area contributed by atoms with Crippen LogP contribution in [0.15, 0.2) is 66.4 Å². The van der Waals surface area contributed by atoms with E-state index in [9.17, 15) is 0 Å². The summed E-state index contributed by atoms with van der Waals surface area (Å²) in [6.45, 7) is 9.37. The monoisotopic (exact) mass is 389 g/mol. The average molecular weight is 390 g/mol. The predicted octanol–water partition coefficient (Wildman–Crippen LogP) is 4.80. The number of ether oxygens (including phenoxy) is 1. The Bertz CT molecular complexity index is 1010. The van der Waals surface area contributed by atoms with Gasteiger partial charge in [-0.25, -0.2) is 4.68 Å². The molecule has 0 saturated heterocycles. The zero-order chi connectivity index (χ0) is 20.0. The van der Waals surface area contributed by atoms with Crippen LogP contribution in [0, 0.1) is 11.8 Å². The highest BCUT2D eigenvalue weighted by Crippen LogP contribution is 2.27. The van der Waals surface area contributed by atoms with Crippen molar-refractivity contribution in [2.24, 2.45) is 0 Å². The fourth-order valence-electron chi connectivity index (χ4n) is 3.01. The van der Waals surface area contributed by atoms with Crippen molar-refractivity contribution in [1.29, 1.82) is 0 Å². The van der Waals surface area contributed by atoms with Gasteiger partial charge in [0.25, 0.3) is 0 Å². The second kappa shape index (κ2) is 8.55. The van der Waals surface area contributed by atoms with Gasteiger partial charge in [-0.05, 0) is 36.6 Å². The number of allylic oxidation sites excluding steroid dienone is 1. The molecule has 0 aliphatic heterocycles. The van der Waals surface area contributed by atoms with Crippen molar-refractivity contribution in [2.75, 3.05) is 6.61 Å². The predicted molar refractivity (Wildman–Crippen MR) is 118 cm³/mol. The molecular weight excluding hydrogens is 362 g/mol. The van der Waals surface area contributed by atoms with Gasteiger partial charge in [-0.1, -0.05) is 78.9 Å². The number of benzene rings is 2. The number of para-hydroxylation sites is 1. The molecule has 2 aromatic carbocycles. The number of hydrogen-bond acceptors (Lipinski definition) is 3. The van der Waals surface area contributed by atoms with E-state index in [1.54, 1.807) is 0 Å². The van der Waals surface area contributed by atoms with E-state index < -0.39 is 13.8 Å². The van der Waals surface area contributed by atoms with Crippen molar-refractivity contribution in [3.63, 3.8) is 0 Å². The van der Waals surface area contributed by atoms with E-state index in [4.69, 9.17) is 4.74 Å². The standard InChI is InChI=1S/C23H27N3OSi/c1-5-27-23(17-11-12-18-28(2,3)4,19-20-13-7-6-8-14-20)26-22-16-10-9-15-21(22)24-25-26/h6-10,12-16,18H,5,19H2,1-4H3/b18-12+. The maximum Gasteiger partial charge on any atom is 0.230 e. The fourth-order valence-corrected chi connectivity index (χ4v) is 3.60. The fraction of sp³-hybridized carbons (Fsp3) is 0.304. The van der Waals surface area contributed by atoms with Crippen LogP contribution in [0.3, 0.4) is 0 Å². The van der Waals surface area contributed by atoms with Crippen LogP contribution in [0.2, 0.25) is 19.6 Å². The maximum absolute atomic E-state index is 6.28. The molecule has 0 fully saturated rings. The molecule has 28 heavy (non-hydrogen) atoms. The topological polar surface area (TPSA) is 39.9 Å². The minimum Gasteiger partial charge on any atom is -0.343 e. The van der Waals surface area contributed by atoms with E-state index in [-0.39, 0.29) is 0 Å². The summed E-state index contributed by atoms with van der Waals surface area (Å²) >= 11 is 0. The molecule has 1 unspecified atom stereocenters. The third kappa shape index (κ3) is 4.77. The third-order valence-electron chi connectivity index (χ3n) is 4.30. The highest BCUT2D eigenvalue weighted by Gasteiger charge is 2.34. The normalized spacial score (nSPS) is 14.0. The van der Waals surface area contributed by atoms with Crippen molar-refractivity contribution in [2.45, 2.75) is 38.7 Å². The van der Waals surface area contributed by atoms with E-state index in [0.29, 0.717) is 13.0 Å². The Morgan fingerprint density at radius 3 is 2.50 bits per heavy atom. The second-order valence-electron chi connectivity index (χ2n) is 7.84. The maximum atomic E-state index is 6.28. The van der Waals surface area contributed by atoms with Crippen LogP contribution >= 0.6 is 0 Å². The van der Waals surface area contributed by atoms with Gasteiger partial charge in [0.1, 0.15) is 5.52 Å². The van der Waals surface area contributed by atoms with Gasteiger partial charge in [-0.15, -0.1) is 5.10 Å². The lowest BCUT2D eigenvalue weighted by Crippen LogP contribution is -2.39. The zero-order valence-electron chi connectivity index (χ0n) is 17.0. The molecule has 1 atom stereocenters. The van der Waals surface area contributed by atoms with Gasteiger partial charge in [-0.2, -0.15) is 0 Å². The molecule has 0 amide bonds. The first-order valence-corrected chi connectivity index (χ1v) is 13.2. The summed E-state index contributed by atoms with van der Waals surface area (Å²) in [6, 6.07) is 18.2. The van der Waals surface area contributed by atoms with Gasteiger partial charge in [0, 0.05) is 13.0 Å². The summed E-state index contributed by atoms with van der Waals surface area (Å²) in [5.41, 5.74) is 4.20. The van der Waals surface area contributed by atoms with E-state index in [1.165, 1.54) is 0 Å². The molecule has 4 nitrogen and oxygen atoms in total. The molecular formula is C23H27N3OSi. The van der Waals surface area contributed by atoms with E-state index in [0.717, 1.165) is 16.6 Å². The molecule has 0 bridgehead atoms. The molecule has 0 N–H and O–H groups in total. The molecule has 0 radical (unpaired) electrons. The molecule has 0 aliphatic carbocycles. The molecule has 1 heterocycles. The van der Waals surface area contributed by atoms with E-state index in [1.807, 2.05) is 60.1 Å². The number of aromatic nitrogens is 3. The SMILES string of the molecule is CCOC(C#C/C=C/[Si](C)(C)C)(Cc1ccccc1)n1nnc2ccccc21. The minimum absolute atomic E-state index is 0.521. The van der Waals surface area contributed by atoms with Crippen LogP contribution in [0.1, 0.15) is 12.5 Å². The summed E-state index contributed by atoms with van der Waals surface area (Å²) in [5, 5.41) is 8.76. The summed E-state index contributed by atoms with van der Waals surface area (Å²) in [7, 11) is -1.31. The number of fused-ring (bicyclic) bond motifs is 1. The summed E-state index contributed by atoms with van der Waals surface area (Å²) in [5.74, 6) is 6.60. The largest absolute Gasteiger partial charge is 0.343 e. The quantitative estimate of drug-likeness (QED) is 0.449. The minimum atomic E-state index is -1.31. The zero-order valence-corrected chi connectivity index (χ0v) is 18.0. The first-order valence-electron chi connectivity index (χ1n) is 9.63. The van der Waals surface area contributed by atoms with Gasteiger partial charge in [0.15, 0.2) is 0 Å². The van der Waals surface area contributed by atoms with Gasteiger partial charge in [-0.3, -0.25) is 0 Å². The lowest BCUT2D eigenvalue weighted by atomic mass is 10.0. The van der Waals surface area contributed by atoms with Gasteiger partial charge in [0.05, 0.1) is 13.6 Å². The molecule has 0 aliphatic rings. The van der Waals surface area contributed by atoms with Crippen LogP contribution in [-0.4, -0.2) is 29.7 Å². The summed E-state index contributed by atoms with van der Waals surface area (Å²) in [4.78, 5) is 0. The van der Waals surface area contributed by atoms with Crippen LogP contribution < -0.4 is 0 Å². The van der Waals surface area contributed by atoms with Crippen LogP contribution in [-0.2, 0) is 16.9 Å². The van der Waals surface area contributed by atoms with Gasteiger partial charge >= 0.3 is 0 Å². The van der Waals surface area contributed by atoms with Crippen molar-refractivity contribution < 1.29 is 4.74 Å². The first-order chi connectivity index (χ1) is 13.4. The van der Waals surface area contributed by atoms with E-state index >= 15 is 0 Å². The molecule has 5 heteroatoms. The number of rotatable bonds is 6. The lowest BCUT2D eigenvalue weighted by Gasteiger charge is -2.29. The third-order valence-corrected chi connectivity index (χ3v) is 5.46. The molecule has 0 saturated carbocycles. The molecule has 1 aromatic heterocycles. The Labute approximate surface area is 168 Å². The lowest BCUT2D eigenvalue weighted by molar-refractivity contribution is -0.0599. The van der Waals surface area contributed by atoms with Crippen molar-refractivity contribution in [3.8, 4) is 11.8 Å². The van der Waals surface area contributed by atoms with E-state index in [2.05, 4.69) is 59.6 Å². The Balaban J connectivity index is 2.13. The highest BCUT2D eigenvalue weighted by atomic mass is 28.3. The Morgan fingerprint density at radius 1 is 1.07 bits per heavy atom. The number of nitrogens with zero attached hydrogens (tertiary/aromatic N) is 3. The van der Waals surface area contributed by atoms with Crippen LogP contribution in [0.5, 0.6) is 0 Å². The molecule has 0 spiro atoms. The van der Waals surface area contributed by atoms with Crippen molar-refractivity contribution >= 4 is 19.1 Å². The van der Waals surface area contributed by atoms with Crippen molar-refractivity contribution in [1.82, 2.24) is 15.0 Å². The summed E-state index contributed by atoms with van der Waals surface area (Å²) < 4.78 is 8.11. The molecule has 144 valence electrons. The molecule has 3 rings (SSSR count). The van der Waals surface area contributed by atoms with Crippen molar-refractivity contribution in [3.05, 3.63) is 71.9 Å². The van der Waals surface area contributed by atoms with Gasteiger partial charge in [0.2, 0.25) is 5.72 Å². The molecule has 3 aromatic rings. The van der Waals surface area contributed by atoms with Crippen LogP contribution in [0.25, 0.3) is 11.0 Å². The first kappa shape index (κ1) is 20.1. The average Bonchev–Trinajstić information content (AvgIpc) is 3.10. The highest BCUT2D eigenvalue weighted by molar-refractivity contribution is 6.81. The Morgan fingerprint density at radius 2 is 1.79 bits per heavy atom. The van der Waals surface area contributed by atoms with Gasteiger partial charge < -0.3 is 4.74 Å². The summed E-state index contributed by atoms with van der Waals surface area (Å²) in [6.07, 6.45) is 2.55. The van der Waals surface area contributed by atoms with Crippen LogP contribution in [0.4, 0.5) is 0 Å².